The van der Waals surface area contributed by atoms with E-state index in [9.17, 15) is 5.11 Å². The predicted octanol–water partition coefficient (Wildman–Crippen LogP) is 9.94. The van der Waals surface area contributed by atoms with Crippen LogP contribution in [-0.2, 0) is 0 Å². The van der Waals surface area contributed by atoms with Crippen molar-refractivity contribution in [3.05, 3.63) is 85.8 Å². The Balaban J connectivity index is 0.000000284. The number of phenolic OH excluding ortho intramolecular Hbond substituents is 3. The molecule has 0 aromatic heterocycles. The molecule has 0 fully saturated rings. The quantitative estimate of drug-likeness (QED) is 0.259. The summed E-state index contributed by atoms with van der Waals surface area (Å²) in [5, 5.41) is 29.0. The molecule has 1 unspecified atom stereocenters. The van der Waals surface area contributed by atoms with Crippen LogP contribution in [0.1, 0.15) is 68.6 Å². The van der Waals surface area contributed by atoms with E-state index < -0.39 is 0 Å². The van der Waals surface area contributed by atoms with Crippen molar-refractivity contribution in [1.29, 1.82) is 0 Å². The molecule has 0 saturated heterocycles. The molecule has 0 aliphatic heterocycles. The number of phenols is 3. The van der Waals surface area contributed by atoms with E-state index >= 15 is 0 Å². The van der Waals surface area contributed by atoms with E-state index in [4.69, 9.17) is 33.4 Å². The topological polar surface area (TPSA) is 60.7 Å². The second-order valence-electron chi connectivity index (χ2n) is 8.32. The number of aryl methyl sites for hydroxylation is 2. The zero-order chi connectivity index (χ0) is 25.7. The van der Waals surface area contributed by atoms with Crippen molar-refractivity contribution in [3.8, 4) is 17.2 Å². The number of benzene rings is 3. The van der Waals surface area contributed by atoms with Gasteiger partial charge in [-0.05, 0) is 97.5 Å². The number of aromatic hydroxyl groups is 3. The molecule has 34 heavy (non-hydrogen) atoms. The van der Waals surface area contributed by atoms with Crippen molar-refractivity contribution in [3.63, 3.8) is 0 Å². The molecular formula is C28H35BrCl2O3. The summed E-state index contributed by atoms with van der Waals surface area (Å²) in [6, 6.07) is 15.4. The van der Waals surface area contributed by atoms with Gasteiger partial charge in [0.2, 0.25) is 0 Å². The van der Waals surface area contributed by atoms with E-state index in [0.717, 1.165) is 32.6 Å². The number of hydrogen-bond donors (Lipinski definition) is 3. The summed E-state index contributed by atoms with van der Waals surface area (Å²) in [4.78, 5) is 0. The molecule has 1 atom stereocenters. The van der Waals surface area contributed by atoms with Gasteiger partial charge in [-0.3, -0.25) is 0 Å². The van der Waals surface area contributed by atoms with E-state index in [-0.39, 0.29) is 5.75 Å². The second-order valence-corrected chi connectivity index (χ2v) is 10.1. The van der Waals surface area contributed by atoms with E-state index in [2.05, 4.69) is 29.8 Å². The van der Waals surface area contributed by atoms with Gasteiger partial charge in [0.05, 0.1) is 0 Å². The minimum atomic E-state index is 0.261. The lowest BCUT2D eigenvalue weighted by atomic mass is 9.93. The lowest BCUT2D eigenvalue weighted by molar-refractivity contribution is 0.457. The summed E-state index contributed by atoms with van der Waals surface area (Å²) in [6.45, 7) is 8.14. The lowest BCUT2D eigenvalue weighted by Gasteiger charge is -2.15. The Morgan fingerprint density at radius 1 is 0.765 bits per heavy atom. The molecule has 0 bridgehead atoms. The smallest absolute Gasteiger partial charge is 0.119 e. The highest BCUT2D eigenvalue weighted by molar-refractivity contribution is 9.10. The van der Waals surface area contributed by atoms with E-state index in [0.29, 0.717) is 22.4 Å². The van der Waals surface area contributed by atoms with Crippen molar-refractivity contribution >= 4 is 39.1 Å². The lowest BCUT2D eigenvalue weighted by Crippen LogP contribution is -1.95. The fraction of sp³-hybridized carbons (Fsp3) is 0.357. The third-order valence-electron chi connectivity index (χ3n) is 5.30. The van der Waals surface area contributed by atoms with Gasteiger partial charge in [0.1, 0.15) is 17.2 Å². The summed E-state index contributed by atoms with van der Waals surface area (Å²) in [5.74, 6) is 1.32. The number of halogens is 3. The first kappa shape index (κ1) is 30.2. The van der Waals surface area contributed by atoms with Gasteiger partial charge in [0, 0.05) is 14.5 Å². The largest absolute Gasteiger partial charge is 0.508 e. The van der Waals surface area contributed by atoms with Gasteiger partial charge in [-0.25, -0.2) is 0 Å². The maximum atomic E-state index is 9.93. The average molecular weight is 570 g/mol. The van der Waals surface area contributed by atoms with Crippen molar-refractivity contribution in [2.75, 3.05) is 0 Å². The first-order valence-corrected chi connectivity index (χ1v) is 13.0. The minimum Gasteiger partial charge on any atom is -0.508 e. The number of hydrogen-bond acceptors (Lipinski definition) is 3. The van der Waals surface area contributed by atoms with Gasteiger partial charge in [-0.1, -0.05) is 78.7 Å². The maximum absolute atomic E-state index is 9.93. The molecule has 0 aliphatic rings. The molecule has 0 radical (unpaired) electrons. The van der Waals surface area contributed by atoms with E-state index in [1.807, 2.05) is 19.9 Å². The molecule has 0 saturated carbocycles. The SMILES string of the molecule is CCCCCCC(C)c1cc(Cl)c(C)cc1O.Cc1cc(O)ccc1Cl.Oc1ccc(Br)cc1. The standard InChI is InChI=1S/C15H23ClO.C7H7ClO.C6H5BrO/c1-4-5-6-7-8-11(2)13-10-14(16)12(3)9-15(13)17;1-5-4-6(9)2-3-7(5)8;7-5-1-3-6(8)4-2-5/h9-11,17H,4-8H2,1-3H3;2-4,9H,1H3;1-4,8H. The second kappa shape index (κ2) is 15.9. The maximum Gasteiger partial charge on any atom is 0.119 e. The fourth-order valence-electron chi connectivity index (χ4n) is 3.18. The van der Waals surface area contributed by atoms with Gasteiger partial charge in [0.25, 0.3) is 0 Å². The highest BCUT2D eigenvalue weighted by Gasteiger charge is 2.12. The third kappa shape index (κ3) is 11.5. The predicted molar refractivity (Wildman–Crippen MR) is 149 cm³/mol. The molecule has 186 valence electrons. The molecule has 0 heterocycles. The van der Waals surface area contributed by atoms with Gasteiger partial charge in [-0.2, -0.15) is 0 Å². The molecule has 0 amide bonds. The normalized spacial score (nSPS) is 11.0. The first-order chi connectivity index (χ1) is 16.0. The van der Waals surface area contributed by atoms with Crippen LogP contribution in [0.4, 0.5) is 0 Å². The monoisotopic (exact) mass is 568 g/mol. The van der Waals surface area contributed by atoms with Crippen LogP contribution in [0.25, 0.3) is 0 Å². The Kier molecular flexibility index (Phi) is 14.1. The van der Waals surface area contributed by atoms with Crippen molar-refractivity contribution < 1.29 is 15.3 Å². The van der Waals surface area contributed by atoms with Crippen LogP contribution >= 0.6 is 39.1 Å². The zero-order valence-electron chi connectivity index (χ0n) is 20.3. The minimum absolute atomic E-state index is 0.261. The van der Waals surface area contributed by atoms with Crippen molar-refractivity contribution in [1.82, 2.24) is 0 Å². The van der Waals surface area contributed by atoms with Crippen LogP contribution in [-0.4, -0.2) is 15.3 Å². The Bertz CT molecular complexity index is 986. The van der Waals surface area contributed by atoms with Crippen molar-refractivity contribution in [2.45, 2.75) is 65.7 Å². The average Bonchev–Trinajstić information content (AvgIpc) is 2.79. The summed E-state index contributed by atoms with van der Waals surface area (Å²) < 4.78 is 0.982. The van der Waals surface area contributed by atoms with Crippen LogP contribution < -0.4 is 0 Å². The number of rotatable bonds is 6. The Morgan fingerprint density at radius 3 is 1.88 bits per heavy atom. The Hall–Kier alpha value is -1.88. The van der Waals surface area contributed by atoms with Crippen LogP contribution in [0.15, 0.2) is 59.1 Å². The molecule has 3 aromatic carbocycles. The number of unbranched alkanes of at least 4 members (excludes halogenated alkanes) is 3. The fourth-order valence-corrected chi connectivity index (χ4v) is 3.73. The molecular weight excluding hydrogens is 535 g/mol. The summed E-state index contributed by atoms with van der Waals surface area (Å²) in [5.41, 5.74) is 2.82. The highest BCUT2D eigenvalue weighted by atomic mass is 79.9. The highest BCUT2D eigenvalue weighted by Crippen LogP contribution is 2.33. The van der Waals surface area contributed by atoms with Crippen LogP contribution in [0.3, 0.4) is 0 Å². The van der Waals surface area contributed by atoms with Crippen LogP contribution in [0.5, 0.6) is 17.2 Å². The zero-order valence-corrected chi connectivity index (χ0v) is 23.4. The van der Waals surface area contributed by atoms with E-state index in [1.165, 1.54) is 25.7 Å². The molecule has 0 aliphatic carbocycles. The molecule has 3 aromatic rings. The third-order valence-corrected chi connectivity index (χ3v) is 6.66. The van der Waals surface area contributed by atoms with Crippen LogP contribution in [0.2, 0.25) is 10.0 Å². The molecule has 6 heteroatoms. The summed E-state index contributed by atoms with van der Waals surface area (Å²) >= 11 is 15.0. The molecule has 0 spiro atoms. The van der Waals surface area contributed by atoms with Gasteiger partial charge in [0.15, 0.2) is 0 Å². The van der Waals surface area contributed by atoms with Gasteiger partial charge < -0.3 is 15.3 Å². The van der Waals surface area contributed by atoms with Gasteiger partial charge in [-0.15, -0.1) is 0 Å². The summed E-state index contributed by atoms with van der Waals surface area (Å²) in [6.07, 6.45) is 6.18. The first-order valence-electron chi connectivity index (χ1n) is 11.4. The molecule has 3 rings (SSSR count). The van der Waals surface area contributed by atoms with Crippen LogP contribution in [0, 0.1) is 13.8 Å². The molecule has 3 N–H and O–H groups in total. The van der Waals surface area contributed by atoms with E-state index in [1.54, 1.807) is 48.5 Å². The van der Waals surface area contributed by atoms with Crippen molar-refractivity contribution in [2.24, 2.45) is 0 Å². The van der Waals surface area contributed by atoms with Gasteiger partial charge >= 0.3 is 0 Å². The Labute approximate surface area is 222 Å². The Morgan fingerprint density at radius 2 is 1.35 bits per heavy atom. The summed E-state index contributed by atoms with van der Waals surface area (Å²) in [7, 11) is 0. The molecule has 3 nitrogen and oxygen atoms in total.